The highest BCUT2D eigenvalue weighted by atomic mass is 16.8. The summed E-state index contributed by atoms with van der Waals surface area (Å²) in [6, 6.07) is -0.984. The van der Waals surface area contributed by atoms with Crippen molar-refractivity contribution in [3.63, 3.8) is 0 Å². The number of aliphatic hydroxyl groups is 11. The van der Waals surface area contributed by atoms with Crippen LogP contribution in [0.4, 0.5) is 0 Å². The fraction of sp³-hybridized carbons (Fsp3) is 0.928. The van der Waals surface area contributed by atoms with Gasteiger partial charge in [-0.05, 0) is 25.7 Å². The molecule has 0 saturated carbocycles. The number of hydrogen-bond donors (Lipinski definition) is 12. The summed E-state index contributed by atoms with van der Waals surface area (Å²) in [4.78, 5) is 13.3. The maximum Gasteiger partial charge on any atom is 0.220 e. The molecule has 88 heavy (non-hydrogen) atoms. The third kappa shape index (κ3) is 33.4. The lowest BCUT2D eigenvalue weighted by molar-refractivity contribution is -0.379. The van der Waals surface area contributed by atoms with Crippen molar-refractivity contribution >= 4 is 5.91 Å². The highest BCUT2D eigenvalue weighted by molar-refractivity contribution is 5.76. The van der Waals surface area contributed by atoms with Crippen LogP contribution in [-0.4, -0.2) is 193 Å². The lowest BCUT2D eigenvalue weighted by Crippen LogP contribution is -2.66. The largest absolute Gasteiger partial charge is 0.394 e. The third-order valence-electron chi connectivity index (χ3n) is 18.0. The maximum atomic E-state index is 13.3. The molecule has 3 aliphatic rings. The molecule has 17 atom stereocenters. The fourth-order valence-corrected chi connectivity index (χ4v) is 12.2. The number of hydrogen-bond acceptors (Lipinski definition) is 18. The van der Waals surface area contributed by atoms with E-state index in [1.807, 2.05) is 6.08 Å². The van der Waals surface area contributed by atoms with Gasteiger partial charge in [-0.2, -0.15) is 0 Å². The number of carbonyl (C=O) groups excluding carboxylic acids is 1. The van der Waals surface area contributed by atoms with Gasteiger partial charge < -0.3 is 89.9 Å². The third-order valence-corrected chi connectivity index (χ3v) is 18.0. The molecule has 3 aliphatic heterocycles. The van der Waals surface area contributed by atoms with Gasteiger partial charge in [0.15, 0.2) is 18.9 Å². The summed E-state index contributed by atoms with van der Waals surface area (Å²) in [6.07, 6.45) is 32.7. The number of carbonyl (C=O) groups is 1. The number of amides is 1. The summed E-state index contributed by atoms with van der Waals surface area (Å²) < 4.78 is 34.2. The molecule has 19 nitrogen and oxygen atoms in total. The van der Waals surface area contributed by atoms with Gasteiger partial charge in [-0.15, -0.1) is 0 Å². The molecule has 19 heteroatoms. The van der Waals surface area contributed by atoms with Crippen LogP contribution in [0, 0.1) is 0 Å². The summed E-state index contributed by atoms with van der Waals surface area (Å²) in [6.45, 7) is 1.61. The van der Waals surface area contributed by atoms with Crippen molar-refractivity contribution in [2.75, 3.05) is 26.4 Å². The van der Waals surface area contributed by atoms with E-state index in [2.05, 4.69) is 31.3 Å². The summed E-state index contributed by atoms with van der Waals surface area (Å²) in [5, 5.41) is 120. The standard InChI is InChI=1S/C69H129NO18/c1-3-5-7-9-11-12-13-14-15-16-17-18-19-20-21-22-23-24-25-26-27-28-29-30-31-32-33-34-35-36-37-38-39-41-43-45-47-57(75)70-52(53(74)46-44-42-40-10-8-6-4-2)51-83-67-63(81)60(78)65(55(49-72)85-67)88-69-64(82)61(79)66(56(50-73)86-69)87-68-62(80)59(77)58(76)54(48-71)84-68/h8,10,44,46,52-56,58-69,71-74,76-82H,3-7,9,11-43,45,47-51H2,1-2H3,(H,70,75)/b10-8+,46-44+. The van der Waals surface area contributed by atoms with E-state index in [9.17, 15) is 61.0 Å². The Balaban J connectivity index is 1.26. The van der Waals surface area contributed by atoms with Crippen molar-refractivity contribution in [1.82, 2.24) is 5.32 Å². The first-order chi connectivity index (χ1) is 42.8. The fourth-order valence-electron chi connectivity index (χ4n) is 12.2. The van der Waals surface area contributed by atoms with Gasteiger partial charge >= 0.3 is 0 Å². The highest BCUT2D eigenvalue weighted by Crippen LogP contribution is 2.33. The van der Waals surface area contributed by atoms with Crippen molar-refractivity contribution in [2.45, 2.75) is 381 Å². The van der Waals surface area contributed by atoms with Crippen molar-refractivity contribution in [3.05, 3.63) is 24.3 Å². The van der Waals surface area contributed by atoms with Crippen molar-refractivity contribution in [1.29, 1.82) is 0 Å². The molecule has 0 aromatic heterocycles. The normalized spacial score (nSPS) is 28.5. The number of unbranched alkanes of at least 4 members (excludes halogenated alkanes) is 37. The van der Waals surface area contributed by atoms with Gasteiger partial charge in [-0.3, -0.25) is 4.79 Å². The molecule has 3 fully saturated rings. The Morgan fingerprint density at radius 1 is 0.398 bits per heavy atom. The first-order valence-corrected chi connectivity index (χ1v) is 35.6. The smallest absolute Gasteiger partial charge is 0.220 e. The zero-order chi connectivity index (χ0) is 64.0. The first kappa shape index (κ1) is 80.5. The minimum absolute atomic E-state index is 0.239. The molecule has 0 spiro atoms. The van der Waals surface area contributed by atoms with E-state index < -0.39 is 124 Å². The number of ether oxygens (including phenoxy) is 6. The van der Waals surface area contributed by atoms with Crippen molar-refractivity contribution in [3.8, 4) is 0 Å². The van der Waals surface area contributed by atoms with Gasteiger partial charge in [0.25, 0.3) is 0 Å². The minimum atomic E-state index is -1.98. The SMILES string of the molecule is CCC/C=C/CC/C=C/C(O)C(COC1OC(CO)C(OC2OC(CO)C(OC3OC(CO)C(O)C(O)C3O)C(O)C2O)C(O)C1O)NC(=O)CCCCCCCCCCCCCCCCCCCCCCCCCCCCCCCCCCCCCC. The molecule has 0 aliphatic carbocycles. The molecule has 518 valence electrons. The van der Waals surface area contributed by atoms with Crippen LogP contribution in [0.5, 0.6) is 0 Å². The number of rotatable bonds is 55. The van der Waals surface area contributed by atoms with E-state index in [0.29, 0.717) is 12.8 Å². The van der Waals surface area contributed by atoms with Gasteiger partial charge in [0.05, 0.1) is 38.6 Å². The Hall–Kier alpha value is -1.73. The molecular formula is C69H129NO18. The van der Waals surface area contributed by atoms with Crippen LogP contribution < -0.4 is 5.32 Å². The highest BCUT2D eigenvalue weighted by Gasteiger charge is 2.53. The Morgan fingerprint density at radius 3 is 1.11 bits per heavy atom. The molecule has 17 unspecified atom stereocenters. The molecule has 0 aromatic rings. The summed E-state index contributed by atoms with van der Waals surface area (Å²) in [5.41, 5.74) is 0. The van der Waals surface area contributed by atoms with Crippen LogP contribution >= 0.6 is 0 Å². The topological polar surface area (TPSA) is 307 Å². The van der Waals surface area contributed by atoms with E-state index >= 15 is 0 Å². The van der Waals surface area contributed by atoms with E-state index in [-0.39, 0.29) is 18.9 Å². The number of nitrogens with one attached hydrogen (secondary N) is 1. The number of allylic oxidation sites excluding steroid dienone is 3. The zero-order valence-electron chi connectivity index (χ0n) is 54.7. The molecule has 3 rings (SSSR count). The quantitative estimate of drug-likeness (QED) is 0.0199. The molecule has 0 radical (unpaired) electrons. The van der Waals surface area contributed by atoms with Crippen LogP contribution in [-0.2, 0) is 33.2 Å². The molecule has 3 saturated heterocycles. The molecule has 1 amide bonds. The van der Waals surface area contributed by atoms with Gasteiger partial charge in [0, 0.05) is 6.42 Å². The van der Waals surface area contributed by atoms with Gasteiger partial charge in [-0.1, -0.05) is 269 Å². The minimum Gasteiger partial charge on any atom is -0.394 e. The summed E-state index contributed by atoms with van der Waals surface area (Å²) in [7, 11) is 0. The van der Waals surface area contributed by atoms with E-state index in [1.54, 1.807) is 6.08 Å². The molecular weight excluding hydrogens is 1130 g/mol. The Kier molecular flexibility index (Phi) is 47.3. The van der Waals surface area contributed by atoms with Crippen LogP contribution in [0.3, 0.4) is 0 Å². The van der Waals surface area contributed by atoms with E-state index in [0.717, 1.165) is 38.5 Å². The summed E-state index contributed by atoms with van der Waals surface area (Å²) >= 11 is 0. The lowest BCUT2D eigenvalue weighted by atomic mass is 9.96. The van der Waals surface area contributed by atoms with E-state index in [4.69, 9.17) is 28.4 Å². The van der Waals surface area contributed by atoms with Crippen LogP contribution in [0.15, 0.2) is 24.3 Å². The van der Waals surface area contributed by atoms with Gasteiger partial charge in [-0.25, -0.2) is 0 Å². The number of aliphatic hydroxyl groups excluding tert-OH is 11. The average molecular weight is 1260 g/mol. The monoisotopic (exact) mass is 1260 g/mol. The molecule has 0 aromatic carbocycles. The van der Waals surface area contributed by atoms with Crippen LogP contribution in [0.2, 0.25) is 0 Å². The van der Waals surface area contributed by atoms with Gasteiger partial charge in [0.1, 0.15) is 73.2 Å². The zero-order valence-corrected chi connectivity index (χ0v) is 54.7. The summed E-state index contributed by atoms with van der Waals surface area (Å²) in [5.74, 6) is -0.285. The van der Waals surface area contributed by atoms with Crippen molar-refractivity contribution in [2.24, 2.45) is 0 Å². The predicted molar refractivity (Wildman–Crippen MR) is 342 cm³/mol. The maximum absolute atomic E-state index is 13.3. The van der Waals surface area contributed by atoms with Crippen molar-refractivity contribution < 1.29 is 89.4 Å². The second-order valence-electron chi connectivity index (χ2n) is 25.7. The molecule has 12 N–H and O–H groups in total. The Morgan fingerprint density at radius 2 is 0.727 bits per heavy atom. The Bertz CT molecular complexity index is 1690. The first-order valence-electron chi connectivity index (χ1n) is 35.6. The average Bonchev–Trinajstić information content (AvgIpc) is 2.50. The lowest BCUT2D eigenvalue weighted by Gasteiger charge is -2.48. The van der Waals surface area contributed by atoms with Gasteiger partial charge in [0.2, 0.25) is 5.91 Å². The molecule has 0 bridgehead atoms. The second kappa shape index (κ2) is 51.7. The molecule has 3 heterocycles. The second-order valence-corrected chi connectivity index (χ2v) is 25.7. The van der Waals surface area contributed by atoms with Crippen LogP contribution in [0.25, 0.3) is 0 Å². The van der Waals surface area contributed by atoms with E-state index in [1.165, 1.54) is 205 Å². The predicted octanol–water partition coefficient (Wildman–Crippen LogP) is 9.44. The Labute approximate surface area is 530 Å². The van der Waals surface area contributed by atoms with Crippen LogP contribution in [0.1, 0.15) is 277 Å².